The van der Waals surface area contributed by atoms with Crippen molar-refractivity contribution in [1.82, 2.24) is 4.98 Å². The largest absolute Gasteiger partial charge is 0.416 e. The van der Waals surface area contributed by atoms with Crippen molar-refractivity contribution in [2.75, 3.05) is 23.8 Å². The van der Waals surface area contributed by atoms with Gasteiger partial charge in [-0.15, -0.1) is 0 Å². The highest BCUT2D eigenvalue weighted by molar-refractivity contribution is 5.51. The number of anilines is 2. The lowest BCUT2D eigenvalue weighted by Crippen LogP contribution is -2.41. The van der Waals surface area contributed by atoms with Gasteiger partial charge in [0.25, 0.3) is 0 Å². The maximum absolute atomic E-state index is 13.0. The second kappa shape index (κ2) is 5.71. The number of aromatic nitrogens is 1. The normalized spacial score (nSPS) is 25.9. The number of hydrogen-bond donors (Lipinski definition) is 2. The van der Waals surface area contributed by atoms with E-state index in [0.717, 1.165) is 18.6 Å². The van der Waals surface area contributed by atoms with E-state index in [2.05, 4.69) is 15.6 Å². The summed E-state index contributed by atoms with van der Waals surface area (Å²) in [7, 11) is 0. The molecular weight excluding hydrogens is 283 g/mol. The molecule has 1 fully saturated rings. The Bertz CT molecular complexity index is 507. The van der Waals surface area contributed by atoms with Crippen molar-refractivity contribution in [2.24, 2.45) is 0 Å². The van der Waals surface area contributed by atoms with Gasteiger partial charge in [-0.3, -0.25) is 0 Å². The minimum atomic E-state index is -4.40. The first-order valence-corrected chi connectivity index (χ1v) is 6.97. The first-order valence-electron chi connectivity index (χ1n) is 6.97. The standard InChI is InChI=1S/C14H20F3N3O/c1-4-18-11-7-10(14(15,16)17)8-12(19-11)20-13(3)5-6-21-9(13)2/h7-9H,4-6H2,1-3H3,(H2,18,19,20). The van der Waals surface area contributed by atoms with E-state index in [0.29, 0.717) is 13.2 Å². The monoisotopic (exact) mass is 303 g/mol. The van der Waals surface area contributed by atoms with Crippen molar-refractivity contribution in [3.8, 4) is 0 Å². The first kappa shape index (κ1) is 15.9. The van der Waals surface area contributed by atoms with Gasteiger partial charge in [0.1, 0.15) is 11.6 Å². The molecule has 1 aliphatic rings. The number of rotatable bonds is 4. The highest BCUT2D eigenvalue weighted by atomic mass is 19.4. The molecule has 2 unspecified atom stereocenters. The van der Waals surface area contributed by atoms with E-state index in [1.165, 1.54) is 0 Å². The summed E-state index contributed by atoms with van der Waals surface area (Å²) in [5.41, 5.74) is -1.13. The maximum Gasteiger partial charge on any atom is 0.416 e. The lowest BCUT2D eigenvalue weighted by Gasteiger charge is -2.30. The Labute approximate surface area is 122 Å². The molecule has 0 radical (unpaired) electrons. The summed E-state index contributed by atoms with van der Waals surface area (Å²) in [4.78, 5) is 4.20. The Hall–Kier alpha value is -1.50. The predicted octanol–water partition coefficient (Wildman–Crippen LogP) is 3.51. The minimum Gasteiger partial charge on any atom is -0.376 e. The number of nitrogens with zero attached hydrogens (tertiary/aromatic N) is 1. The van der Waals surface area contributed by atoms with Crippen molar-refractivity contribution >= 4 is 11.6 Å². The number of alkyl halides is 3. The topological polar surface area (TPSA) is 46.2 Å². The molecule has 2 atom stereocenters. The summed E-state index contributed by atoms with van der Waals surface area (Å²) < 4.78 is 44.4. The molecule has 0 aliphatic carbocycles. The average Bonchev–Trinajstić information content (AvgIpc) is 2.68. The van der Waals surface area contributed by atoms with E-state index in [4.69, 9.17) is 4.74 Å². The van der Waals surface area contributed by atoms with Crippen LogP contribution in [0.25, 0.3) is 0 Å². The van der Waals surface area contributed by atoms with E-state index < -0.39 is 17.3 Å². The van der Waals surface area contributed by atoms with E-state index in [-0.39, 0.29) is 17.7 Å². The number of ether oxygens (including phenoxy) is 1. The molecule has 2 rings (SSSR count). The minimum absolute atomic E-state index is 0.0866. The Morgan fingerprint density at radius 2 is 2.05 bits per heavy atom. The molecule has 2 N–H and O–H groups in total. The van der Waals surface area contributed by atoms with Crippen molar-refractivity contribution in [1.29, 1.82) is 0 Å². The predicted molar refractivity (Wildman–Crippen MR) is 75.5 cm³/mol. The fourth-order valence-electron chi connectivity index (χ4n) is 2.32. The number of halogens is 3. The Morgan fingerprint density at radius 3 is 2.57 bits per heavy atom. The van der Waals surface area contributed by atoms with E-state index in [1.54, 1.807) is 0 Å². The molecule has 0 saturated carbocycles. The van der Waals surface area contributed by atoms with Gasteiger partial charge >= 0.3 is 6.18 Å². The van der Waals surface area contributed by atoms with E-state index in [9.17, 15) is 13.2 Å². The van der Waals surface area contributed by atoms with Gasteiger partial charge in [0.05, 0.1) is 17.2 Å². The third-order valence-corrected chi connectivity index (χ3v) is 3.81. The van der Waals surface area contributed by atoms with Crippen LogP contribution in [0.4, 0.5) is 24.8 Å². The summed E-state index contributed by atoms with van der Waals surface area (Å²) in [5, 5.41) is 5.93. The fourth-order valence-corrected chi connectivity index (χ4v) is 2.32. The molecule has 0 aromatic carbocycles. The third-order valence-electron chi connectivity index (χ3n) is 3.81. The van der Waals surface area contributed by atoms with Gasteiger partial charge in [-0.2, -0.15) is 13.2 Å². The molecule has 0 spiro atoms. The highest BCUT2D eigenvalue weighted by Gasteiger charge is 2.38. The van der Waals surface area contributed by atoms with Crippen molar-refractivity contribution in [3.05, 3.63) is 17.7 Å². The quantitative estimate of drug-likeness (QED) is 0.893. The summed E-state index contributed by atoms with van der Waals surface area (Å²) in [5.74, 6) is 0.422. The van der Waals surface area contributed by atoms with Gasteiger partial charge in [-0.05, 0) is 39.3 Å². The number of hydrogen-bond acceptors (Lipinski definition) is 4. The number of pyridine rings is 1. The van der Waals surface area contributed by atoms with E-state index in [1.807, 2.05) is 20.8 Å². The number of nitrogens with one attached hydrogen (secondary N) is 2. The van der Waals surface area contributed by atoms with Gasteiger partial charge in [-0.1, -0.05) is 0 Å². The molecule has 0 bridgehead atoms. The van der Waals surface area contributed by atoms with Crippen LogP contribution in [-0.2, 0) is 10.9 Å². The summed E-state index contributed by atoms with van der Waals surface area (Å²) in [6, 6.07) is 2.06. The zero-order chi connectivity index (χ0) is 15.7. The zero-order valence-corrected chi connectivity index (χ0v) is 12.3. The molecule has 0 amide bonds. The Balaban J connectivity index is 2.32. The molecular formula is C14H20F3N3O. The van der Waals surface area contributed by atoms with Gasteiger partial charge in [0, 0.05) is 13.2 Å². The smallest absolute Gasteiger partial charge is 0.376 e. The molecule has 4 nitrogen and oxygen atoms in total. The highest BCUT2D eigenvalue weighted by Crippen LogP contribution is 2.34. The molecule has 1 aromatic rings. The second-order valence-electron chi connectivity index (χ2n) is 5.46. The van der Waals surface area contributed by atoms with Crippen LogP contribution < -0.4 is 10.6 Å². The summed E-state index contributed by atoms with van der Waals surface area (Å²) >= 11 is 0. The first-order chi connectivity index (χ1) is 9.74. The summed E-state index contributed by atoms with van der Waals surface area (Å²) in [6.45, 7) is 6.73. The Morgan fingerprint density at radius 1 is 1.38 bits per heavy atom. The Kier molecular flexibility index (Phi) is 4.32. The SMILES string of the molecule is CCNc1cc(C(F)(F)F)cc(NC2(C)CCOC2C)n1. The van der Waals surface area contributed by atoms with Crippen LogP contribution in [-0.4, -0.2) is 29.8 Å². The van der Waals surface area contributed by atoms with Gasteiger partial charge in [0.15, 0.2) is 0 Å². The van der Waals surface area contributed by atoms with Crippen LogP contribution in [0.1, 0.15) is 32.8 Å². The van der Waals surface area contributed by atoms with Crippen molar-refractivity contribution in [3.63, 3.8) is 0 Å². The third kappa shape index (κ3) is 3.58. The molecule has 21 heavy (non-hydrogen) atoms. The zero-order valence-electron chi connectivity index (χ0n) is 12.3. The summed E-state index contributed by atoms with van der Waals surface area (Å²) in [6.07, 6.45) is -3.76. The average molecular weight is 303 g/mol. The van der Waals surface area contributed by atoms with Crippen LogP contribution in [0, 0.1) is 0 Å². The van der Waals surface area contributed by atoms with Gasteiger partial charge < -0.3 is 15.4 Å². The molecule has 7 heteroatoms. The maximum atomic E-state index is 13.0. The molecule has 1 aliphatic heterocycles. The molecule has 2 heterocycles. The lowest BCUT2D eigenvalue weighted by atomic mass is 9.94. The van der Waals surface area contributed by atoms with Gasteiger partial charge in [-0.25, -0.2) is 4.98 Å². The second-order valence-corrected chi connectivity index (χ2v) is 5.46. The lowest BCUT2D eigenvalue weighted by molar-refractivity contribution is -0.137. The van der Waals surface area contributed by atoms with E-state index >= 15 is 0 Å². The van der Waals surface area contributed by atoms with Crippen LogP contribution in [0.5, 0.6) is 0 Å². The molecule has 1 aromatic heterocycles. The van der Waals surface area contributed by atoms with Crippen molar-refractivity contribution < 1.29 is 17.9 Å². The fraction of sp³-hybridized carbons (Fsp3) is 0.643. The van der Waals surface area contributed by atoms with Crippen LogP contribution >= 0.6 is 0 Å². The van der Waals surface area contributed by atoms with Gasteiger partial charge in [0.2, 0.25) is 0 Å². The van der Waals surface area contributed by atoms with Crippen LogP contribution in [0.15, 0.2) is 12.1 Å². The van der Waals surface area contributed by atoms with Crippen molar-refractivity contribution in [2.45, 2.75) is 45.0 Å². The molecule has 118 valence electrons. The van der Waals surface area contributed by atoms with Crippen LogP contribution in [0.2, 0.25) is 0 Å². The van der Waals surface area contributed by atoms with Crippen LogP contribution in [0.3, 0.4) is 0 Å². The molecule has 1 saturated heterocycles.